The van der Waals surface area contributed by atoms with E-state index in [2.05, 4.69) is 22.3 Å². The normalized spacial score (nSPS) is 12.9. The van der Waals surface area contributed by atoms with E-state index in [4.69, 9.17) is 5.73 Å². The lowest BCUT2D eigenvalue weighted by Gasteiger charge is -2.04. The summed E-state index contributed by atoms with van der Waals surface area (Å²) in [6.45, 7) is 2.79. The molecule has 0 amide bonds. The summed E-state index contributed by atoms with van der Waals surface area (Å²) in [6, 6.07) is -0.0114. The van der Waals surface area contributed by atoms with Gasteiger partial charge in [-0.25, -0.2) is 4.68 Å². The zero-order chi connectivity index (χ0) is 12.3. The second-order valence-corrected chi connectivity index (χ2v) is 4.26. The quantitative estimate of drug-likeness (QED) is 0.832. The summed E-state index contributed by atoms with van der Waals surface area (Å²) in [5.41, 5.74) is 7.95. The number of nitrogens with zero attached hydrogens (tertiary/aromatic N) is 5. The Hall–Kier alpha value is -1.69. The zero-order valence-electron chi connectivity index (χ0n) is 10.2. The maximum atomic E-state index is 5.98. The van der Waals surface area contributed by atoms with Crippen LogP contribution >= 0.6 is 0 Å². The van der Waals surface area contributed by atoms with Gasteiger partial charge in [0.05, 0.1) is 30.7 Å². The molecule has 0 saturated carbocycles. The van der Waals surface area contributed by atoms with Gasteiger partial charge in [0.1, 0.15) is 0 Å². The molecule has 2 rings (SSSR count). The molecule has 0 aliphatic carbocycles. The van der Waals surface area contributed by atoms with Crippen molar-refractivity contribution in [2.75, 3.05) is 0 Å². The lowest BCUT2D eigenvalue weighted by molar-refractivity contribution is 0.617. The minimum Gasteiger partial charge on any atom is -0.323 e. The highest BCUT2D eigenvalue weighted by atomic mass is 15.4. The first kappa shape index (κ1) is 11.8. The van der Waals surface area contributed by atoms with Gasteiger partial charge in [-0.15, -0.1) is 5.10 Å². The minimum absolute atomic E-state index is 0.0114. The van der Waals surface area contributed by atoms with Crippen molar-refractivity contribution in [2.45, 2.75) is 32.4 Å². The summed E-state index contributed by atoms with van der Waals surface area (Å²) in [7, 11) is 1.90. The lowest BCUT2D eigenvalue weighted by atomic mass is 10.1. The van der Waals surface area contributed by atoms with Gasteiger partial charge in [0.25, 0.3) is 0 Å². The van der Waals surface area contributed by atoms with Crippen LogP contribution < -0.4 is 5.73 Å². The van der Waals surface area contributed by atoms with Crippen molar-refractivity contribution in [3.63, 3.8) is 0 Å². The minimum atomic E-state index is -0.0114. The Bertz CT molecular complexity index is 472. The molecule has 6 heteroatoms. The van der Waals surface area contributed by atoms with Crippen LogP contribution in [0.3, 0.4) is 0 Å². The highest BCUT2D eigenvalue weighted by Crippen LogP contribution is 2.12. The van der Waals surface area contributed by atoms with Crippen molar-refractivity contribution in [1.82, 2.24) is 24.8 Å². The molecule has 2 aromatic heterocycles. The smallest absolute Gasteiger partial charge is 0.0994 e. The Morgan fingerprint density at radius 1 is 1.41 bits per heavy atom. The summed E-state index contributed by atoms with van der Waals surface area (Å²) >= 11 is 0. The molecular formula is C11H18N6. The molecule has 0 spiro atoms. The zero-order valence-corrected chi connectivity index (χ0v) is 10.2. The molecule has 0 bridgehead atoms. The molecular weight excluding hydrogens is 216 g/mol. The fraction of sp³-hybridized carbons (Fsp3) is 0.545. The first-order chi connectivity index (χ1) is 8.19. The van der Waals surface area contributed by atoms with Crippen LogP contribution in [0, 0.1) is 0 Å². The standard InChI is InChI=1S/C11H18N6/c1-3-4-10(12)11-8-17(15-14-11)7-9-5-13-16(2)6-9/h5-6,8,10H,3-4,7,12H2,1-2H3. The predicted molar refractivity (Wildman–Crippen MR) is 64.2 cm³/mol. The molecule has 0 fully saturated rings. The monoisotopic (exact) mass is 234 g/mol. The molecule has 17 heavy (non-hydrogen) atoms. The van der Waals surface area contributed by atoms with Gasteiger partial charge >= 0.3 is 0 Å². The van der Waals surface area contributed by atoms with Gasteiger partial charge in [-0.05, 0) is 6.42 Å². The largest absolute Gasteiger partial charge is 0.323 e. The van der Waals surface area contributed by atoms with Crippen LogP contribution in [0.15, 0.2) is 18.6 Å². The number of hydrogen-bond acceptors (Lipinski definition) is 4. The highest BCUT2D eigenvalue weighted by molar-refractivity contribution is 5.06. The molecule has 0 aliphatic heterocycles. The van der Waals surface area contributed by atoms with Crippen LogP contribution in [0.2, 0.25) is 0 Å². The van der Waals surface area contributed by atoms with E-state index in [9.17, 15) is 0 Å². The maximum absolute atomic E-state index is 5.98. The van der Waals surface area contributed by atoms with Crippen molar-refractivity contribution < 1.29 is 0 Å². The third-order valence-corrected chi connectivity index (χ3v) is 2.64. The molecule has 1 atom stereocenters. The Morgan fingerprint density at radius 2 is 2.24 bits per heavy atom. The van der Waals surface area contributed by atoms with Crippen LogP contribution in [0.1, 0.15) is 37.1 Å². The van der Waals surface area contributed by atoms with Gasteiger partial charge in [0.2, 0.25) is 0 Å². The van der Waals surface area contributed by atoms with Crippen LogP contribution in [0.25, 0.3) is 0 Å². The van der Waals surface area contributed by atoms with Gasteiger partial charge in [-0.3, -0.25) is 4.68 Å². The number of aryl methyl sites for hydroxylation is 1. The Balaban J connectivity index is 2.03. The lowest BCUT2D eigenvalue weighted by Crippen LogP contribution is -2.10. The Morgan fingerprint density at radius 3 is 2.88 bits per heavy atom. The summed E-state index contributed by atoms with van der Waals surface area (Å²) in [6.07, 6.45) is 7.69. The molecule has 92 valence electrons. The summed E-state index contributed by atoms with van der Waals surface area (Å²) in [4.78, 5) is 0. The van der Waals surface area contributed by atoms with Crippen molar-refractivity contribution in [2.24, 2.45) is 12.8 Å². The van der Waals surface area contributed by atoms with Gasteiger partial charge in [0, 0.05) is 18.8 Å². The van der Waals surface area contributed by atoms with Crippen molar-refractivity contribution in [3.05, 3.63) is 29.8 Å². The van der Waals surface area contributed by atoms with Crippen molar-refractivity contribution in [1.29, 1.82) is 0 Å². The van der Waals surface area contributed by atoms with E-state index in [1.165, 1.54) is 0 Å². The average Bonchev–Trinajstić information content (AvgIpc) is 2.89. The third-order valence-electron chi connectivity index (χ3n) is 2.64. The molecule has 2 N–H and O–H groups in total. The number of nitrogens with two attached hydrogens (primary N) is 1. The first-order valence-corrected chi connectivity index (χ1v) is 5.82. The molecule has 0 aromatic carbocycles. The number of rotatable bonds is 5. The number of aromatic nitrogens is 5. The SMILES string of the molecule is CCCC(N)c1cn(Cc2cnn(C)c2)nn1. The van der Waals surface area contributed by atoms with Crippen molar-refractivity contribution >= 4 is 0 Å². The van der Waals surface area contributed by atoms with Crippen LogP contribution in [0.4, 0.5) is 0 Å². The summed E-state index contributed by atoms with van der Waals surface area (Å²) in [5, 5.41) is 12.3. The van der Waals surface area contributed by atoms with Gasteiger partial charge in [0.15, 0.2) is 0 Å². The molecule has 0 radical (unpaired) electrons. The second kappa shape index (κ2) is 5.09. The molecule has 1 unspecified atom stereocenters. The molecule has 0 aliphatic rings. The molecule has 2 aromatic rings. The van der Waals surface area contributed by atoms with E-state index in [1.807, 2.05) is 25.6 Å². The Kier molecular flexibility index (Phi) is 3.53. The van der Waals surface area contributed by atoms with E-state index < -0.39 is 0 Å². The predicted octanol–water partition coefficient (Wildman–Crippen LogP) is 0.860. The van der Waals surface area contributed by atoms with E-state index in [0.29, 0.717) is 6.54 Å². The molecule has 0 saturated heterocycles. The number of hydrogen-bond donors (Lipinski definition) is 1. The summed E-state index contributed by atoms with van der Waals surface area (Å²) < 4.78 is 3.57. The molecule has 2 heterocycles. The van der Waals surface area contributed by atoms with Crippen molar-refractivity contribution in [3.8, 4) is 0 Å². The summed E-state index contributed by atoms with van der Waals surface area (Å²) in [5.74, 6) is 0. The van der Waals surface area contributed by atoms with E-state index >= 15 is 0 Å². The van der Waals surface area contributed by atoms with E-state index in [0.717, 1.165) is 24.1 Å². The van der Waals surface area contributed by atoms with Gasteiger partial charge in [-0.2, -0.15) is 5.10 Å². The average molecular weight is 234 g/mol. The van der Waals surface area contributed by atoms with Crippen LogP contribution in [0.5, 0.6) is 0 Å². The highest BCUT2D eigenvalue weighted by Gasteiger charge is 2.09. The fourth-order valence-electron chi connectivity index (χ4n) is 1.76. The van der Waals surface area contributed by atoms with E-state index in [1.54, 1.807) is 9.36 Å². The first-order valence-electron chi connectivity index (χ1n) is 5.82. The topological polar surface area (TPSA) is 74.6 Å². The Labute approximate surface area is 100 Å². The molecule has 6 nitrogen and oxygen atoms in total. The van der Waals surface area contributed by atoms with Crippen LogP contribution in [-0.2, 0) is 13.6 Å². The van der Waals surface area contributed by atoms with E-state index in [-0.39, 0.29) is 6.04 Å². The second-order valence-electron chi connectivity index (χ2n) is 4.26. The van der Waals surface area contributed by atoms with Crippen LogP contribution in [-0.4, -0.2) is 24.8 Å². The van der Waals surface area contributed by atoms with Gasteiger partial charge in [-0.1, -0.05) is 18.6 Å². The third kappa shape index (κ3) is 2.91. The van der Waals surface area contributed by atoms with Gasteiger partial charge < -0.3 is 5.73 Å². The maximum Gasteiger partial charge on any atom is 0.0994 e. The fourth-order valence-corrected chi connectivity index (χ4v) is 1.76.